The van der Waals surface area contributed by atoms with Gasteiger partial charge in [0.2, 0.25) is 5.95 Å². The second-order valence-corrected chi connectivity index (χ2v) is 5.82. The molecule has 1 fully saturated rings. The van der Waals surface area contributed by atoms with Gasteiger partial charge in [-0.05, 0) is 36.8 Å². The van der Waals surface area contributed by atoms with Crippen LogP contribution in [0.25, 0.3) is 0 Å². The van der Waals surface area contributed by atoms with Gasteiger partial charge in [-0.3, -0.25) is 5.32 Å². The molecule has 0 spiro atoms. The van der Waals surface area contributed by atoms with Crippen LogP contribution in [0.5, 0.6) is 0 Å². The number of aromatic nitrogens is 2. The molecule has 1 aliphatic rings. The largest absolute Gasteiger partial charge is 0.341 e. The summed E-state index contributed by atoms with van der Waals surface area (Å²) in [5, 5.41) is 8.19. The Kier molecular flexibility index (Phi) is 4.30. The number of rotatable bonds is 3. The number of thiophene rings is 1. The molecule has 1 aliphatic heterocycles. The molecule has 3 rings (SSSR count). The fourth-order valence-electron chi connectivity index (χ4n) is 2.27. The van der Waals surface area contributed by atoms with Crippen molar-refractivity contribution in [2.45, 2.75) is 19.3 Å². The maximum Gasteiger partial charge on any atom is 0.324 e. The van der Waals surface area contributed by atoms with Crippen LogP contribution in [0.15, 0.2) is 29.9 Å². The molecular formula is C14H17N5OS. The van der Waals surface area contributed by atoms with E-state index in [0.717, 1.165) is 24.0 Å². The molecule has 0 aromatic carbocycles. The van der Waals surface area contributed by atoms with E-state index in [1.165, 1.54) is 30.6 Å². The quantitative estimate of drug-likeness (QED) is 0.913. The standard InChI is InChI=1S/C14H17N5OS/c20-14(18-12-5-4-8-21-12)17-11-9-15-13(16-10-11)19-6-2-1-3-7-19/h4-5,8-10H,1-3,6-7H2,(H2,17,18,20). The molecule has 21 heavy (non-hydrogen) atoms. The van der Waals surface area contributed by atoms with E-state index in [9.17, 15) is 4.79 Å². The van der Waals surface area contributed by atoms with Crippen molar-refractivity contribution in [3.8, 4) is 0 Å². The van der Waals surface area contributed by atoms with Gasteiger partial charge in [0, 0.05) is 13.1 Å². The zero-order valence-electron chi connectivity index (χ0n) is 11.6. The van der Waals surface area contributed by atoms with E-state index in [-0.39, 0.29) is 6.03 Å². The second-order valence-electron chi connectivity index (χ2n) is 4.88. The number of carbonyl (C=O) groups is 1. The summed E-state index contributed by atoms with van der Waals surface area (Å²) in [6.07, 6.45) is 6.94. The predicted octanol–water partition coefficient (Wildman–Crippen LogP) is 3.17. The molecule has 0 aliphatic carbocycles. The number of urea groups is 1. The molecule has 2 amide bonds. The smallest absolute Gasteiger partial charge is 0.324 e. The van der Waals surface area contributed by atoms with Gasteiger partial charge in [0.05, 0.1) is 23.1 Å². The zero-order chi connectivity index (χ0) is 14.5. The van der Waals surface area contributed by atoms with Crippen molar-refractivity contribution >= 4 is 34.0 Å². The summed E-state index contributed by atoms with van der Waals surface area (Å²) in [5.74, 6) is 0.735. The maximum absolute atomic E-state index is 11.8. The Morgan fingerprint density at radius 1 is 1.14 bits per heavy atom. The summed E-state index contributed by atoms with van der Waals surface area (Å²) >= 11 is 1.47. The molecule has 0 atom stereocenters. The highest BCUT2D eigenvalue weighted by Gasteiger charge is 2.13. The van der Waals surface area contributed by atoms with Crippen LogP contribution in [-0.4, -0.2) is 29.1 Å². The topological polar surface area (TPSA) is 70.2 Å². The number of amides is 2. The predicted molar refractivity (Wildman–Crippen MR) is 85.1 cm³/mol. The minimum Gasteiger partial charge on any atom is -0.341 e. The van der Waals surface area contributed by atoms with Crippen LogP contribution in [0.2, 0.25) is 0 Å². The first kappa shape index (κ1) is 13.8. The van der Waals surface area contributed by atoms with E-state index in [2.05, 4.69) is 25.5 Å². The fourth-order valence-corrected chi connectivity index (χ4v) is 2.88. The van der Waals surface area contributed by atoms with Crippen molar-refractivity contribution in [1.82, 2.24) is 9.97 Å². The van der Waals surface area contributed by atoms with Gasteiger partial charge in [0.15, 0.2) is 0 Å². The van der Waals surface area contributed by atoms with Crippen LogP contribution in [-0.2, 0) is 0 Å². The van der Waals surface area contributed by atoms with Crippen LogP contribution < -0.4 is 15.5 Å². The molecule has 3 heterocycles. The van der Waals surface area contributed by atoms with Crippen molar-refractivity contribution in [3.63, 3.8) is 0 Å². The van der Waals surface area contributed by atoms with Crippen LogP contribution in [0.1, 0.15) is 19.3 Å². The lowest BCUT2D eigenvalue weighted by atomic mass is 10.1. The van der Waals surface area contributed by atoms with Gasteiger partial charge in [0.25, 0.3) is 0 Å². The van der Waals surface area contributed by atoms with E-state index in [4.69, 9.17) is 0 Å². The summed E-state index contributed by atoms with van der Waals surface area (Å²) in [6, 6.07) is 3.45. The number of carbonyl (C=O) groups excluding carboxylic acids is 1. The van der Waals surface area contributed by atoms with Gasteiger partial charge < -0.3 is 10.2 Å². The Balaban J connectivity index is 1.57. The number of nitrogens with one attached hydrogen (secondary N) is 2. The summed E-state index contributed by atoms with van der Waals surface area (Å²) < 4.78 is 0. The van der Waals surface area contributed by atoms with Crippen molar-refractivity contribution < 1.29 is 4.79 Å². The molecule has 7 heteroatoms. The van der Waals surface area contributed by atoms with E-state index in [1.54, 1.807) is 12.4 Å². The van der Waals surface area contributed by atoms with Gasteiger partial charge in [-0.15, -0.1) is 11.3 Å². The third kappa shape index (κ3) is 3.69. The maximum atomic E-state index is 11.8. The average molecular weight is 303 g/mol. The SMILES string of the molecule is O=C(Nc1cnc(N2CCCCC2)nc1)Nc1cccs1. The molecule has 0 bridgehead atoms. The Hall–Kier alpha value is -2.15. The molecule has 2 aromatic heterocycles. The molecule has 0 saturated carbocycles. The molecule has 6 nitrogen and oxygen atoms in total. The number of nitrogens with zero attached hydrogens (tertiary/aromatic N) is 3. The second kappa shape index (κ2) is 6.53. The van der Waals surface area contributed by atoms with Gasteiger partial charge >= 0.3 is 6.03 Å². The summed E-state index contributed by atoms with van der Waals surface area (Å²) in [6.45, 7) is 2.01. The number of hydrogen-bond donors (Lipinski definition) is 2. The van der Waals surface area contributed by atoms with E-state index in [1.807, 2.05) is 17.5 Å². The van der Waals surface area contributed by atoms with Crippen LogP contribution >= 0.6 is 11.3 Å². The third-order valence-electron chi connectivity index (χ3n) is 3.29. The summed E-state index contributed by atoms with van der Waals surface area (Å²) in [7, 11) is 0. The number of hydrogen-bond acceptors (Lipinski definition) is 5. The van der Waals surface area contributed by atoms with Crippen molar-refractivity contribution in [2.75, 3.05) is 28.6 Å². The highest BCUT2D eigenvalue weighted by atomic mass is 32.1. The molecule has 0 unspecified atom stereocenters. The molecule has 0 radical (unpaired) electrons. The van der Waals surface area contributed by atoms with E-state index >= 15 is 0 Å². The fraction of sp³-hybridized carbons (Fsp3) is 0.357. The summed E-state index contributed by atoms with van der Waals surface area (Å²) in [5.41, 5.74) is 0.588. The lowest BCUT2D eigenvalue weighted by molar-refractivity contribution is 0.262. The lowest BCUT2D eigenvalue weighted by Crippen LogP contribution is -2.31. The Labute approximate surface area is 127 Å². The minimum absolute atomic E-state index is 0.285. The molecule has 1 saturated heterocycles. The van der Waals surface area contributed by atoms with Crippen molar-refractivity contribution in [1.29, 1.82) is 0 Å². The highest BCUT2D eigenvalue weighted by molar-refractivity contribution is 7.14. The van der Waals surface area contributed by atoms with Gasteiger partial charge in [-0.2, -0.15) is 0 Å². The molecule has 2 N–H and O–H groups in total. The summed E-state index contributed by atoms with van der Waals surface area (Å²) in [4.78, 5) is 22.6. The number of anilines is 3. The van der Waals surface area contributed by atoms with Gasteiger partial charge in [0.1, 0.15) is 0 Å². The monoisotopic (exact) mass is 303 g/mol. The first-order valence-corrected chi connectivity index (χ1v) is 7.88. The van der Waals surface area contributed by atoms with Crippen molar-refractivity contribution in [3.05, 3.63) is 29.9 Å². The third-order valence-corrected chi connectivity index (χ3v) is 4.08. The Bertz CT molecular complexity index is 578. The molecule has 110 valence electrons. The molecule has 2 aromatic rings. The van der Waals surface area contributed by atoms with Gasteiger partial charge in [-0.1, -0.05) is 0 Å². The van der Waals surface area contributed by atoms with Gasteiger partial charge in [-0.25, -0.2) is 14.8 Å². The van der Waals surface area contributed by atoms with Crippen LogP contribution in [0, 0.1) is 0 Å². The Morgan fingerprint density at radius 3 is 2.57 bits per heavy atom. The zero-order valence-corrected chi connectivity index (χ0v) is 12.4. The van der Waals surface area contributed by atoms with Crippen LogP contribution in [0.4, 0.5) is 21.4 Å². The van der Waals surface area contributed by atoms with Crippen molar-refractivity contribution in [2.24, 2.45) is 0 Å². The molecular weight excluding hydrogens is 286 g/mol. The first-order chi connectivity index (χ1) is 10.3. The first-order valence-electron chi connectivity index (χ1n) is 7.00. The minimum atomic E-state index is -0.285. The van der Waals surface area contributed by atoms with Crippen LogP contribution in [0.3, 0.4) is 0 Å². The number of piperidine rings is 1. The highest BCUT2D eigenvalue weighted by Crippen LogP contribution is 2.17. The van der Waals surface area contributed by atoms with E-state index < -0.39 is 0 Å². The van der Waals surface area contributed by atoms with E-state index in [0.29, 0.717) is 5.69 Å². The average Bonchev–Trinajstić information content (AvgIpc) is 3.02. The Morgan fingerprint density at radius 2 is 1.90 bits per heavy atom. The lowest BCUT2D eigenvalue weighted by Gasteiger charge is -2.26. The normalized spacial score (nSPS) is 14.8.